The monoisotopic (exact) mass is 286 g/mol. The van der Waals surface area contributed by atoms with Crippen LogP contribution in [0.2, 0.25) is 0 Å². The first-order chi connectivity index (χ1) is 9.97. The molecule has 0 saturated heterocycles. The van der Waals surface area contributed by atoms with Gasteiger partial charge < -0.3 is 10.6 Å². The van der Waals surface area contributed by atoms with Crippen molar-refractivity contribution in [2.45, 2.75) is 26.8 Å². The number of rotatable bonds is 5. The number of para-hydroxylation sites is 1. The van der Waals surface area contributed by atoms with Crippen molar-refractivity contribution in [2.24, 2.45) is 5.73 Å². The molecule has 0 aliphatic heterocycles. The lowest BCUT2D eigenvalue weighted by Crippen LogP contribution is -2.19. The lowest BCUT2D eigenvalue weighted by Gasteiger charge is -2.23. The van der Waals surface area contributed by atoms with E-state index in [4.69, 9.17) is 5.73 Å². The zero-order chi connectivity index (χ0) is 16.4. The van der Waals surface area contributed by atoms with Crippen LogP contribution in [0.25, 0.3) is 0 Å². The molecule has 3 nitrogen and oxygen atoms in total. The average molecular weight is 286 g/mol. The highest BCUT2D eigenvalue weighted by molar-refractivity contribution is 5.85. The van der Waals surface area contributed by atoms with Crippen molar-refractivity contribution in [2.75, 3.05) is 11.9 Å². The highest BCUT2D eigenvalue weighted by Crippen LogP contribution is 2.23. The smallest absolute Gasteiger partial charge is 0.152 e. The van der Waals surface area contributed by atoms with Gasteiger partial charge in [0.05, 0.1) is 5.69 Å². The summed E-state index contributed by atoms with van der Waals surface area (Å²) in [6.45, 7) is 12.0. The molecule has 0 aliphatic carbocycles. The van der Waals surface area contributed by atoms with Gasteiger partial charge in [0.2, 0.25) is 0 Å². The van der Waals surface area contributed by atoms with E-state index in [-0.39, 0.29) is 6.04 Å². The molecule has 0 heterocycles. The Hall–Kier alpha value is -2.13. The highest BCUT2D eigenvalue weighted by atomic mass is 16.1. The van der Waals surface area contributed by atoms with Gasteiger partial charge in [-0.05, 0) is 39.0 Å². The number of hydrogen-bond donors (Lipinski definition) is 1. The van der Waals surface area contributed by atoms with Crippen molar-refractivity contribution in [3.05, 3.63) is 66.4 Å². The minimum absolute atomic E-state index is 0.00376. The molecule has 114 valence electrons. The van der Waals surface area contributed by atoms with Crippen molar-refractivity contribution in [1.29, 1.82) is 0 Å². The second-order valence-corrected chi connectivity index (χ2v) is 4.84. The molecule has 0 bridgehead atoms. The first kappa shape index (κ1) is 18.9. The fourth-order valence-corrected chi connectivity index (χ4v) is 1.88. The standard InChI is InChI=1S/C16H22N2O.C2H4/c1-12(2)15(10-9-13(3)17)18(4)16-8-6-5-7-14(16)11-19;1-2/h5-11,13H,17H2,1-4H3;1-2H2/b10-9-;. The summed E-state index contributed by atoms with van der Waals surface area (Å²) in [6.07, 6.45) is 4.83. The SMILES string of the molecule is C=C.CC(C)=C(/C=C\C(C)N)N(C)c1ccccc1C=O. The first-order valence-electron chi connectivity index (χ1n) is 6.86. The van der Waals surface area contributed by atoms with Gasteiger partial charge in [0.15, 0.2) is 6.29 Å². The predicted molar refractivity (Wildman–Crippen MR) is 92.6 cm³/mol. The summed E-state index contributed by atoms with van der Waals surface area (Å²) in [5, 5.41) is 0. The number of nitrogens with two attached hydrogens (primary N) is 1. The number of carbonyl (C=O) groups excluding carboxylic acids is 1. The largest absolute Gasteiger partial charge is 0.344 e. The lowest BCUT2D eigenvalue weighted by molar-refractivity contribution is 0.112. The number of anilines is 1. The van der Waals surface area contributed by atoms with E-state index in [1.165, 1.54) is 5.57 Å². The van der Waals surface area contributed by atoms with Gasteiger partial charge in [0.25, 0.3) is 0 Å². The maximum absolute atomic E-state index is 11.1. The fraction of sp³-hybridized carbons (Fsp3) is 0.278. The Morgan fingerprint density at radius 1 is 1.29 bits per heavy atom. The Labute approximate surface area is 128 Å². The van der Waals surface area contributed by atoms with Gasteiger partial charge in [-0.2, -0.15) is 0 Å². The van der Waals surface area contributed by atoms with Crippen LogP contribution in [0.3, 0.4) is 0 Å². The number of hydrogen-bond acceptors (Lipinski definition) is 3. The first-order valence-corrected chi connectivity index (χ1v) is 6.86. The highest BCUT2D eigenvalue weighted by Gasteiger charge is 2.10. The number of likely N-dealkylation sites (N-methyl/N-ethyl adjacent to an activating group) is 1. The quantitative estimate of drug-likeness (QED) is 0.507. The van der Waals surface area contributed by atoms with Gasteiger partial charge >= 0.3 is 0 Å². The Morgan fingerprint density at radius 2 is 1.86 bits per heavy atom. The molecule has 0 amide bonds. The third-order valence-electron chi connectivity index (χ3n) is 2.86. The minimum Gasteiger partial charge on any atom is -0.344 e. The normalized spacial score (nSPS) is 11.3. The predicted octanol–water partition coefficient (Wildman–Crippen LogP) is 3.93. The zero-order valence-electron chi connectivity index (χ0n) is 13.5. The number of benzene rings is 1. The van der Waals surface area contributed by atoms with Gasteiger partial charge in [-0.3, -0.25) is 4.79 Å². The number of nitrogens with zero attached hydrogens (tertiary/aromatic N) is 1. The summed E-state index contributed by atoms with van der Waals surface area (Å²) in [7, 11) is 1.95. The molecule has 0 radical (unpaired) electrons. The molecule has 0 fully saturated rings. The van der Waals surface area contributed by atoms with Crippen molar-refractivity contribution in [3.63, 3.8) is 0 Å². The van der Waals surface area contributed by atoms with Gasteiger partial charge in [-0.15, -0.1) is 13.2 Å². The van der Waals surface area contributed by atoms with Crippen molar-refractivity contribution >= 4 is 12.0 Å². The molecule has 2 N–H and O–H groups in total. The third kappa shape index (κ3) is 5.79. The van der Waals surface area contributed by atoms with Crippen LogP contribution in [0.4, 0.5) is 5.69 Å². The molecular weight excluding hydrogens is 260 g/mol. The van der Waals surface area contributed by atoms with E-state index in [1.807, 2.05) is 69.1 Å². The van der Waals surface area contributed by atoms with Crippen LogP contribution < -0.4 is 10.6 Å². The summed E-state index contributed by atoms with van der Waals surface area (Å²) >= 11 is 0. The van der Waals surface area contributed by atoms with E-state index in [1.54, 1.807) is 0 Å². The number of carbonyl (C=O) groups is 1. The second-order valence-electron chi connectivity index (χ2n) is 4.84. The van der Waals surface area contributed by atoms with Gasteiger partial charge in [-0.1, -0.05) is 23.8 Å². The average Bonchev–Trinajstić information content (AvgIpc) is 2.48. The van der Waals surface area contributed by atoms with Gasteiger partial charge in [-0.25, -0.2) is 0 Å². The van der Waals surface area contributed by atoms with E-state index in [2.05, 4.69) is 13.2 Å². The minimum atomic E-state index is 0.00376. The molecule has 0 spiro atoms. The maximum Gasteiger partial charge on any atom is 0.152 e. The molecule has 3 heteroatoms. The van der Waals surface area contributed by atoms with Crippen LogP contribution in [0.1, 0.15) is 31.1 Å². The lowest BCUT2D eigenvalue weighted by atomic mass is 10.1. The van der Waals surface area contributed by atoms with Crippen LogP contribution in [-0.4, -0.2) is 19.4 Å². The Bertz CT molecular complexity index is 512. The molecule has 1 atom stereocenters. The second kappa shape index (κ2) is 9.72. The van der Waals surface area contributed by atoms with Crippen LogP contribution in [0.5, 0.6) is 0 Å². The molecule has 0 aromatic heterocycles. The summed E-state index contributed by atoms with van der Waals surface area (Å²) in [6, 6.07) is 7.55. The van der Waals surface area contributed by atoms with Gasteiger partial charge in [0.1, 0.15) is 0 Å². The summed E-state index contributed by atoms with van der Waals surface area (Å²) in [5.41, 5.74) is 9.54. The summed E-state index contributed by atoms with van der Waals surface area (Å²) in [4.78, 5) is 13.1. The Morgan fingerprint density at radius 3 is 2.33 bits per heavy atom. The Balaban J connectivity index is 0.00000191. The summed E-state index contributed by atoms with van der Waals surface area (Å²) < 4.78 is 0. The molecule has 1 unspecified atom stereocenters. The van der Waals surface area contributed by atoms with E-state index >= 15 is 0 Å². The fourth-order valence-electron chi connectivity index (χ4n) is 1.88. The van der Waals surface area contributed by atoms with E-state index in [0.717, 1.165) is 17.7 Å². The van der Waals surface area contributed by atoms with E-state index in [9.17, 15) is 4.79 Å². The van der Waals surface area contributed by atoms with Crippen LogP contribution in [0.15, 0.2) is 60.8 Å². The number of aldehydes is 1. The van der Waals surface area contributed by atoms with Crippen LogP contribution in [0, 0.1) is 0 Å². The zero-order valence-corrected chi connectivity index (χ0v) is 13.5. The molecule has 1 aromatic rings. The van der Waals surface area contributed by atoms with Crippen molar-refractivity contribution < 1.29 is 4.79 Å². The van der Waals surface area contributed by atoms with Crippen LogP contribution >= 0.6 is 0 Å². The van der Waals surface area contributed by atoms with Crippen molar-refractivity contribution in [3.8, 4) is 0 Å². The molecule has 21 heavy (non-hydrogen) atoms. The molecule has 1 aromatic carbocycles. The summed E-state index contributed by atoms with van der Waals surface area (Å²) in [5.74, 6) is 0. The van der Waals surface area contributed by atoms with E-state index in [0.29, 0.717) is 5.56 Å². The number of allylic oxidation sites excluding steroid dienone is 2. The molecule has 0 saturated carbocycles. The topological polar surface area (TPSA) is 46.3 Å². The van der Waals surface area contributed by atoms with Crippen LogP contribution in [-0.2, 0) is 0 Å². The Kier molecular flexibility index (Phi) is 8.74. The van der Waals surface area contributed by atoms with Gasteiger partial charge in [0, 0.05) is 24.4 Å². The molecule has 1 rings (SSSR count). The molecule has 0 aliphatic rings. The van der Waals surface area contributed by atoms with Crippen molar-refractivity contribution in [1.82, 2.24) is 0 Å². The maximum atomic E-state index is 11.1. The molecular formula is C18H26N2O. The third-order valence-corrected chi connectivity index (χ3v) is 2.86. The van der Waals surface area contributed by atoms with E-state index < -0.39 is 0 Å².